The number of carbonyl (C=O) groups is 2. The lowest BCUT2D eigenvalue weighted by molar-refractivity contribution is -0.126. The van der Waals surface area contributed by atoms with E-state index in [1.54, 1.807) is 27.7 Å². The first-order valence-corrected chi connectivity index (χ1v) is 7.07. The highest BCUT2D eigenvalue weighted by molar-refractivity contribution is 5.85. The fourth-order valence-corrected chi connectivity index (χ4v) is 2.10. The van der Waals surface area contributed by atoms with Crippen molar-refractivity contribution < 1.29 is 14.7 Å². The molecule has 0 saturated heterocycles. The quantitative estimate of drug-likeness (QED) is 0.842. The zero-order valence-corrected chi connectivity index (χ0v) is 13.4. The Morgan fingerprint density at radius 1 is 1.27 bits per heavy atom. The van der Waals surface area contributed by atoms with E-state index in [0.717, 1.165) is 10.5 Å². The van der Waals surface area contributed by atoms with Gasteiger partial charge in [-0.2, -0.15) is 0 Å². The molecule has 0 aliphatic carbocycles. The van der Waals surface area contributed by atoms with Gasteiger partial charge >= 0.3 is 6.09 Å². The van der Waals surface area contributed by atoms with Gasteiger partial charge in [0.2, 0.25) is 5.91 Å². The van der Waals surface area contributed by atoms with Crippen LogP contribution in [0.1, 0.15) is 33.3 Å². The van der Waals surface area contributed by atoms with E-state index < -0.39 is 17.7 Å². The molecular formula is C17H22N2O3. The van der Waals surface area contributed by atoms with Gasteiger partial charge in [0.25, 0.3) is 0 Å². The molecule has 0 spiro atoms. The number of hydrogen-bond acceptors (Lipinski definition) is 2. The van der Waals surface area contributed by atoms with Crippen molar-refractivity contribution in [2.45, 2.75) is 39.3 Å². The molecule has 2 amide bonds. The molecule has 0 saturated carbocycles. The molecule has 0 aromatic heterocycles. The normalized spacial score (nSPS) is 11.8. The van der Waals surface area contributed by atoms with Crippen molar-refractivity contribution in [3.8, 4) is 11.8 Å². The van der Waals surface area contributed by atoms with Crippen LogP contribution in [0.2, 0.25) is 0 Å². The predicted molar refractivity (Wildman–Crippen MR) is 85.4 cm³/mol. The molecular weight excluding hydrogens is 280 g/mol. The van der Waals surface area contributed by atoms with Gasteiger partial charge in [-0.3, -0.25) is 9.69 Å². The zero-order chi connectivity index (χ0) is 16.8. The largest absolute Gasteiger partial charge is 0.465 e. The van der Waals surface area contributed by atoms with Gasteiger partial charge in [0, 0.05) is 11.1 Å². The topological polar surface area (TPSA) is 69.6 Å². The number of hydrogen-bond donors (Lipinski definition) is 2. The van der Waals surface area contributed by atoms with Crippen LogP contribution in [-0.2, 0) is 4.79 Å². The molecule has 1 unspecified atom stereocenters. The Bertz CT molecular complexity index is 579. The van der Waals surface area contributed by atoms with Crippen LogP contribution in [0.5, 0.6) is 0 Å². The Kier molecular flexibility index (Phi) is 6.00. The molecule has 118 valence electrons. The average Bonchev–Trinajstić information content (AvgIpc) is 2.42. The Morgan fingerprint density at radius 3 is 2.36 bits per heavy atom. The minimum atomic E-state index is -1.12. The lowest BCUT2D eigenvalue weighted by atomic mass is 10.0. The smallest absolute Gasteiger partial charge is 0.408 e. The van der Waals surface area contributed by atoms with Gasteiger partial charge in [-0.1, -0.05) is 30.0 Å². The summed E-state index contributed by atoms with van der Waals surface area (Å²) in [5, 5.41) is 11.9. The zero-order valence-electron chi connectivity index (χ0n) is 13.4. The highest BCUT2D eigenvalue weighted by Gasteiger charge is 2.34. The van der Waals surface area contributed by atoms with Gasteiger partial charge < -0.3 is 10.4 Å². The summed E-state index contributed by atoms with van der Waals surface area (Å²) in [5.74, 6) is 5.41. The molecule has 0 bridgehead atoms. The van der Waals surface area contributed by atoms with Gasteiger partial charge in [-0.05, 0) is 39.8 Å². The molecule has 22 heavy (non-hydrogen) atoms. The number of carbonyl (C=O) groups excluding carboxylic acids is 1. The number of nitrogens with zero attached hydrogens (tertiary/aromatic N) is 1. The second kappa shape index (κ2) is 7.51. The third-order valence-electron chi connectivity index (χ3n) is 3.05. The number of amides is 2. The van der Waals surface area contributed by atoms with E-state index in [-0.39, 0.29) is 12.5 Å². The minimum Gasteiger partial charge on any atom is -0.465 e. The Hall–Kier alpha value is -2.48. The van der Waals surface area contributed by atoms with Crippen molar-refractivity contribution in [3.05, 3.63) is 35.9 Å². The van der Waals surface area contributed by atoms with Crippen LogP contribution in [0.15, 0.2) is 30.3 Å². The molecule has 5 heteroatoms. The Balaban J connectivity index is 2.61. The number of nitrogens with one attached hydrogen (secondary N) is 1. The Morgan fingerprint density at radius 2 is 1.86 bits per heavy atom. The van der Waals surface area contributed by atoms with Crippen molar-refractivity contribution in [3.63, 3.8) is 0 Å². The summed E-state index contributed by atoms with van der Waals surface area (Å²) in [4.78, 5) is 24.5. The van der Waals surface area contributed by atoms with Crippen molar-refractivity contribution in [1.82, 2.24) is 10.2 Å². The first-order valence-electron chi connectivity index (χ1n) is 7.07. The maximum absolute atomic E-state index is 12.1. The molecule has 5 nitrogen and oxygen atoms in total. The summed E-state index contributed by atoms with van der Waals surface area (Å²) in [7, 11) is 0. The van der Waals surface area contributed by atoms with Crippen molar-refractivity contribution in [2.24, 2.45) is 0 Å². The SMILES string of the molecule is CC(C(=O)NCC#Cc1ccccc1)N(C(=O)O)C(C)(C)C. The molecule has 0 aliphatic rings. The lowest BCUT2D eigenvalue weighted by Crippen LogP contribution is -2.55. The summed E-state index contributed by atoms with van der Waals surface area (Å²) >= 11 is 0. The predicted octanol–water partition coefficient (Wildman–Crippen LogP) is 2.32. The molecule has 1 aromatic carbocycles. The fourth-order valence-electron chi connectivity index (χ4n) is 2.10. The highest BCUT2D eigenvalue weighted by Crippen LogP contribution is 2.17. The van der Waals surface area contributed by atoms with Gasteiger partial charge in [-0.25, -0.2) is 4.79 Å². The van der Waals surface area contributed by atoms with Crippen LogP contribution in [0.25, 0.3) is 0 Å². The van der Waals surface area contributed by atoms with E-state index in [4.69, 9.17) is 0 Å². The van der Waals surface area contributed by atoms with Crippen LogP contribution < -0.4 is 5.32 Å². The summed E-state index contributed by atoms with van der Waals surface area (Å²) < 4.78 is 0. The van der Waals surface area contributed by atoms with E-state index >= 15 is 0 Å². The fraction of sp³-hybridized carbons (Fsp3) is 0.412. The second-order valence-electron chi connectivity index (χ2n) is 5.88. The molecule has 1 rings (SSSR count). The Labute approximate surface area is 131 Å². The first-order chi connectivity index (χ1) is 10.2. The van der Waals surface area contributed by atoms with Gasteiger partial charge in [0.1, 0.15) is 6.04 Å². The van der Waals surface area contributed by atoms with Crippen LogP contribution >= 0.6 is 0 Å². The van der Waals surface area contributed by atoms with E-state index in [2.05, 4.69) is 17.2 Å². The van der Waals surface area contributed by atoms with Crippen LogP contribution in [0.3, 0.4) is 0 Å². The lowest BCUT2D eigenvalue weighted by Gasteiger charge is -2.37. The van der Waals surface area contributed by atoms with Gasteiger partial charge in [-0.15, -0.1) is 0 Å². The highest BCUT2D eigenvalue weighted by atomic mass is 16.4. The van der Waals surface area contributed by atoms with Crippen molar-refractivity contribution in [2.75, 3.05) is 6.54 Å². The molecule has 2 N–H and O–H groups in total. The van der Waals surface area contributed by atoms with Crippen molar-refractivity contribution in [1.29, 1.82) is 0 Å². The summed E-state index contributed by atoms with van der Waals surface area (Å²) in [5.41, 5.74) is 0.213. The molecule has 1 atom stereocenters. The number of rotatable bonds is 3. The van der Waals surface area contributed by atoms with Gasteiger partial charge in [0.15, 0.2) is 0 Å². The standard InChI is InChI=1S/C17H22N2O3/c1-13(19(16(21)22)17(2,3)4)15(20)18-12-8-11-14-9-6-5-7-10-14/h5-7,9-10,13H,12H2,1-4H3,(H,18,20)(H,21,22). The first kappa shape index (κ1) is 17.6. The molecule has 0 heterocycles. The molecule has 0 radical (unpaired) electrons. The van der Waals surface area contributed by atoms with Crippen LogP contribution in [0, 0.1) is 11.8 Å². The maximum atomic E-state index is 12.1. The summed E-state index contributed by atoms with van der Waals surface area (Å²) in [6.07, 6.45) is -1.12. The molecule has 1 aromatic rings. The number of benzene rings is 1. The maximum Gasteiger partial charge on any atom is 0.408 e. The van der Waals surface area contributed by atoms with E-state index in [9.17, 15) is 14.7 Å². The summed E-state index contributed by atoms with van der Waals surface area (Å²) in [6.45, 7) is 7.00. The molecule has 0 fully saturated rings. The van der Waals surface area contributed by atoms with E-state index in [1.165, 1.54) is 0 Å². The van der Waals surface area contributed by atoms with E-state index in [0.29, 0.717) is 0 Å². The average molecular weight is 302 g/mol. The third-order valence-corrected chi connectivity index (χ3v) is 3.05. The van der Waals surface area contributed by atoms with Crippen LogP contribution in [0.4, 0.5) is 4.79 Å². The van der Waals surface area contributed by atoms with Crippen molar-refractivity contribution >= 4 is 12.0 Å². The van der Waals surface area contributed by atoms with Crippen LogP contribution in [-0.4, -0.2) is 40.1 Å². The van der Waals surface area contributed by atoms with E-state index in [1.807, 2.05) is 30.3 Å². The minimum absolute atomic E-state index is 0.176. The second-order valence-corrected chi connectivity index (χ2v) is 5.88. The summed E-state index contributed by atoms with van der Waals surface area (Å²) in [6, 6.07) is 8.65. The monoisotopic (exact) mass is 302 g/mol. The number of carboxylic acid groups (broad SMARTS) is 1. The molecule has 0 aliphatic heterocycles. The van der Waals surface area contributed by atoms with Gasteiger partial charge in [0.05, 0.1) is 6.54 Å². The third kappa shape index (κ3) is 5.13.